The lowest BCUT2D eigenvalue weighted by molar-refractivity contribution is 0.0179. The third-order valence-electron chi connectivity index (χ3n) is 4.53. The Hall–Kier alpha value is -2.78. The number of rotatable bonds is 4. The molecule has 9 heteroatoms. The number of H-pyrrole nitrogens is 1. The fourth-order valence-electron chi connectivity index (χ4n) is 3.06. The topological polar surface area (TPSA) is 103 Å². The predicted molar refractivity (Wildman–Crippen MR) is 91.0 cm³/mol. The molecule has 26 heavy (non-hydrogen) atoms. The molecule has 2 N–H and O–H groups in total. The number of aromatic carboxylic acids is 1. The number of aromatic amines is 1. The summed E-state index contributed by atoms with van der Waals surface area (Å²) in [5.41, 5.74) is -1.08. The van der Waals surface area contributed by atoms with Crippen molar-refractivity contribution in [2.24, 2.45) is 0 Å². The van der Waals surface area contributed by atoms with Gasteiger partial charge in [0, 0.05) is 17.8 Å². The van der Waals surface area contributed by atoms with Crippen molar-refractivity contribution in [1.82, 2.24) is 14.3 Å². The van der Waals surface area contributed by atoms with Crippen LogP contribution >= 0.6 is 0 Å². The molecule has 134 valence electrons. The maximum absolute atomic E-state index is 15.0. The Morgan fingerprint density at radius 1 is 1.23 bits per heavy atom. The minimum Gasteiger partial charge on any atom is -0.478 e. The number of sulfonamides is 1. The van der Waals surface area contributed by atoms with Crippen LogP contribution in [-0.4, -0.2) is 46.9 Å². The first-order valence-corrected chi connectivity index (χ1v) is 9.20. The number of pyridine rings is 1. The molecule has 0 amide bonds. The van der Waals surface area contributed by atoms with Crippen LogP contribution in [-0.2, 0) is 15.7 Å². The predicted octanol–water partition coefficient (Wildman–Crippen LogP) is 2.13. The van der Waals surface area contributed by atoms with Gasteiger partial charge in [-0.2, -0.15) is 4.31 Å². The first kappa shape index (κ1) is 16.7. The van der Waals surface area contributed by atoms with Gasteiger partial charge in [0.25, 0.3) is 0 Å². The number of nitrogens with zero attached hydrogens (tertiary/aromatic N) is 2. The number of aromatic nitrogens is 2. The summed E-state index contributed by atoms with van der Waals surface area (Å²) in [6.07, 6.45) is 2.90. The van der Waals surface area contributed by atoms with E-state index in [4.69, 9.17) is 5.11 Å². The van der Waals surface area contributed by atoms with Crippen molar-refractivity contribution < 1.29 is 22.7 Å². The number of hydrogen-bond donors (Lipinski definition) is 2. The van der Waals surface area contributed by atoms with Crippen LogP contribution in [0.4, 0.5) is 4.39 Å². The summed E-state index contributed by atoms with van der Waals surface area (Å²) < 4.78 is 41.7. The SMILES string of the molecule is O=C(O)c1ccc(C2(F)CN(S(=O)(=O)c3c[nH]c4ncccc34)C2)cc1. The van der Waals surface area contributed by atoms with Gasteiger partial charge in [0.05, 0.1) is 18.7 Å². The van der Waals surface area contributed by atoms with E-state index in [1.807, 2.05) is 0 Å². The first-order chi connectivity index (χ1) is 12.3. The highest BCUT2D eigenvalue weighted by atomic mass is 32.2. The molecule has 1 aliphatic heterocycles. The van der Waals surface area contributed by atoms with Gasteiger partial charge in [0.2, 0.25) is 10.0 Å². The number of hydrogen-bond acceptors (Lipinski definition) is 4. The Bertz CT molecular complexity index is 1100. The van der Waals surface area contributed by atoms with Crippen LogP contribution in [0.15, 0.2) is 53.7 Å². The average Bonchev–Trinajstić information content (AvgIpc) is 3.04. The molecular formula is C17H14FN3O4S. The molecule has 0 aliphatic carbocycles. The van der Waals surface area contributed by atoms with Gasteiger partial charge >= 0.3 is 5.97 Å². The Balaban J connectivity index is 1.59. The highest BCUT2D eigenvalue weighted by Gasteiger charge is 2.50. The largest absolute Gasteiger partial charge is 0.478 e. The van der Waals surface area contributed by atoms with Crippen LogP contribution in [0, 0.1) is 0 Å². The molecule has 1 fully saturated rings. The molecule has 0 saturated carbocycles. The van der Waals surface area contributed by atoms with E-state index in [1.165, 1.54) is 30.5 Å². The minimum atomic E-state index is -3.86. The fourth-order valence-corrected chi connectivity index (χ4v) is 4.74. The van der Waals surface area contributed by atoms with Crippen LogP contribution in [0.2, 0.25) is 0 Å². The van der Waals surface area contributed by atoms with Gasteiger partial charge in [0.15, 0.2) is 5.67 Å². The molecule has 7 nitrogen and oxygen atoms in total. The zero-order valence-corrected chi connectivity index (χ0v) is 14.2. The quantitative estimate of drug-likeness (QED) is 0.727. The third-order valence-corrected chi connectivity index (χ3v) is 6.37. The summed E-state index contributed by atoms with van der Waals surface area (Å²) in [4.78, 5) is 17.8. The van der Waals surface area contributed by atoms with E-state index in [0.717, 1.165) is 4.31 Å². The van der Waals surface area contributed by atoms with E-state index < -0.39 is 21.7 Å². The van der Waals surface area contributed by atoms with E-state index in [2.05, 4.69) is 9.97 Å². The highest BCUT2D eigenvalue weighted by molar-refractivity contribution is 7.89. The van der Waals surface area contributed by atoms with E-state index in [0.29, 0.717) is 11.0 Å². The van der Waals surface area contributed by atoms with E-state index >= 15 is 4.39 Å². The number of carboxylic acid groups (broad SMARTS) is 1. The monoisotopic (exact) mass is 375 g/mol. The molecule has 1 aliphatic rings. The molecule has 3 heterocycles. The summed E-state index contributed by atoms with van der Waals surface area (Å²) in [6, 6.07) is 8.64. The normalized spacial score (nSPS) is 17.1. The molecule has 0 spiro atoms. The Morgan fingerprint density at radius 3 is 2.58 bits per heavy atom. The van der Waals surface area contributed by atoms with Crippen LogP contribution in [0.5, 0.6) is 0 Å². The van der Waals surface area contributed by atoms with Crippen molar-refractivity contribution in [2.45, 2.75) is 10.6 Å². The van der Waals surface area contributed by atoms with Gasteiger partial charge in [-0.25, -0.2) is 22.6 Å². The van der Waals surface area contributed by atoms with Gasteiger partial charge in [-0.15, -0.1) is 0 Å². The average molecular weight is 375 g/mol. The maximum Gasteiger partial charge on any atom is 0.335 e. The molecule has 2 aromatic heterocycles. The molecule has 0 radical (unpaired) electrons. The smallest absolute Gasteiger partial charge is 0.335 e. The van der Waals surface area contributed by atoms with Crippen molar-refractivity contribution >= 4 is 27.0 Å². The number of carbonyl (C=O) groups is 1. The molecule has 1 aromatic carbocycles. The third kappa shape index (κ3) is 2.47. The van der Waals surface area contributed by atoms with Gasteiger partial charge in [-0.3, -0.25) is 0 Å². The van der Waals surface area contributed by atoms with Crippen LogP contribution in [0.1, 0.15) is 15.9 Å². The molecule has 0 unspecified atom stereocenters. The standard InChI is InChI=1S/C17H14FN3O4S/c18-17(12-5-3-11(4-6-12)16(22)23)9-21(10-17)26(24,25)14-8-20-15-13(14)2-1-7-19-15/h1-8H,9-10H2,(H,19,20)(H,22,23). The van der Waals surface area contributed by atoms with Gasteiger partial charge in [-0.05, 0) is 29.8 Å². The lowest BCUT2D eigenvalue weighted by Gasteiger charge is -2.43. The van der Waals surface area contributed by atoms with E-state index in [1.54, 1.807) is 18.3 Å². The summed E-state index contributed by atoms with van der Waals surface area (Å²) in [7, 11) is -3.86. The fraction of sp³-hybridized carbons (Fsp3) is 0.176. The zero-order valence-electron chi connectivity index (χ0n) is 13.4. The number of halogens is 1. The first-order valence-electron chi connectivity index (χ1n) is 7.76. The van der Waals surface area contributed by atoms with Crippen LogP contribution < -0.4 is 0 Å². The molecule has 1 saturated heterocycles. The lowest BCUT2D eigenvalue weighted by Crippen LogP contribution is -2.58. The summed E-state index contributed by atoms with van der Waals surface area (Å²) in [5.74, 6) is -1.10. The molecule has 3 aromatic rings. The highest BCUT2D eigenvalue weighted by Crippen LogP contribution is 2.40. The second kappa shape index (κ2) is 5.61. The summed E-state index contributed by atoms with van der Waals surface area (Å²) >= 11 is 0. The number of nitrogens with one attached hydrogen (secondary N) is 1. The Morgan fingerprint density at radius 2 is 1.92 bits per heavy atom. The molecule has 0 atom stereocenters. The van der Waals surface area contributed by atoms with E-state index in [-0.39, 0.29) is 29.1 Å². The van der Waals surface area contributed by atoms with Gasteiger partial charge in [-0.1, -0.05) is 12.1 Å². The van der Waals surface area contributed by atoms with Crippen LogP contribution in [0.3, 0.4) is 0 Å². The van der Waals surface area contributed by atoms with Gasteiger partial charge < -0.3 is 10.1 Å². The minimum absolute atomic E-state index is 0.0486. The second-order valence-corrected chi connectivity index (χ2v) is 8.08. The number of fused-ring (bicyclic) bond motifs is 1. The maximum atomic E-state index is 15.0. The van der Waals surface area contributed by atoms with Crippen molar-refractivity contribution in [3.05, 3.63) is 59.9 Å². The number of alkyl halides is 1. The van der Waals surface area contributed by atoms with Crippen molar-refractivity contribution in [2.75, 3.05) is 13.1 Å². The lowest BCUT2D eigenvalue weighted by atomic mass is 9.89. The molecule has 0 bridgehead atoms. The molecule has 4 rings (SSSR count). The second-order valence-electron chi connectivity index (χ2n) is 6.17. The zero-order chi connectivity index (χ0) is 18.5. The van der Waals surface area contributed by atoms with Gasteiger partial charge in [0.1, 0.15) is 10.5 Å². The summed E-state index contributed by atoms with van der Waals surface area (Å²) in [5, 5.41) is 9.35. The van der Waals surface area contributed by atoms with E-state index in [9.17, 15) is 13.2 Å². The summed E-state index contributed by atoms with van der Waals surface area (Å²) in [6.45, 7) is -0.649. The number of benzene rings is 1. The van der Waals surface area contributed by atoms with Crippen molar-refractivity contribution in [3.63, 3.8) is 0 Å². The number of carboxylic acids is 1. The molecular weight excluding hydrogens is 361 g/mol. The van der Waals surface area contributed by atoms with Crippen molar-refractivity contribution in [3.8, 4) is 0 Å². The Kier molecular flexibility index (Phi) is 3.60. The van der Waals surface area contributed by atoms with Crippen molar-refractivity contribution in [1.29, 1.82) is 0 Å². The Labute approximate surface area is 148 Å². The van der Waals surface area contributed by atoms with Crippen LogP contribution in [0.25, 0.3) is 11.0 Å².